The van der Waals surface area contributed by atoms with E-state index >= 15 is 0 Å². The van der Waals surface area contributed by atoms with E-state index < -0.39 is 10.0 Å². The summed E-state index contributed by atoms with van der Waals surface area (Å²) in [5.74, 6) is 0. The zero-order valence-corrected chi connectivity index (χ0v) is 11.8. The SMILES string of the molecule is O=S(=O)(NC1CCN(C2CC2)CC1)c1ccccc1. The Hall–Kier alpha value is -0.910. The molecule has 0 unspecified atom stereocenters. The maximum atomic E-state index is 12.2. The summed E-state index contributed by atoms with van der Waals surface area (Å²) in [6, 6.07) is 9.48. The molecule has 1 aliphatic carbocycles. The number of rotatable bonds is 4. The highest BCUT2D eigenvalue weighted by molar-refractivity contribution is 7.89. The summed E-state index contributed by atoms with van der Waals surface area (Å²) in [6.45, 7) is 2.04. The lowest BCUT2D eigenvalue weighted by Gasteiger charge is -2.32. The molecule has 1 aromatic rings. The van der Waals surface area contributed by atoms with Gasteiger partial charge in [-0.2, -0.15) is 0 Å². The molecule has 1 N–H and O–H groups in total. The van der Waals surface area contributed by atoms with E-state index in [0.29, 0.717) is 4.90 Å². The molecule has 0 aromatic heterocycles. The van der Waals surface area contributed by atoms with E-state index in [1.54, 1.807) is 24.3 Å². The van der Waals surface area contributed by atoms with Gasteiger partial charge in [0.2, 0.25) is 10.0 Å². The molecule has 19 heavy (non-hydrogen) atoms. The smallest absolute Gasteiger partial charge is 0.240 e. The summed E-state index contributed by atoms with van der Waals surface area (Å²) in [6.07, 6.45) is 4.48. The maximum Gasteiger partial charge on any atom is 0.240 e. The molecule has 2 aliphatic rings. The maximum absolute atomic E-state index is 12.2. The fourth-order valence-electron chi connectivity index (χ4n) is 2.71. The number of piperidine rings is 1. The summed E-state index contributed by atoms with van der Waals surface area (Å²) in [4.78, 5) is 2.85. The van der Waals surface area contributed by atoms with E-state index in [0.717, 1.165) is 32.0 Å². The topological polar surface area (TPSA) is 49.4 Å². The van der Waals surface area contributed by atoms with Gasteiger partial charge in [-0.3, -0.25) is 0 Å². The highest BCUT2D eigenvalue weighted by Gasteiger charge is 2.32. The summed E-state index contributed by atoms with van der Waals surface area (Å²) < 4.78 is 27.2. The zero-order valence-electron chi connectivity index (χ0n) is 11.0. The number of hydrogen-bond donors (Lipinski definition) is 1. The molecule has 5 heteroatoms. The Morgan fingerprint density at radius 3 is 2.21 bits per heavy atom. The molecule has 3 rings (SSSR count). The standard InChI is InChI=1S/C14H20N2O2S/c17-19(18,14-4-2-1-3-5-14)15-12-8-10-16(11-9-12)13-6-7-13/h1-5,12-13,15H,6-11H2. The Bertz CT molecular complexity index is 518. The fourth-order valence-corrected chi connectivity index (χ4v) is 4.04. The fraction of sp³-hybridized carbons (Fsp3) is 0.571. The van der Waals surface area contributed by atoms with Crippen LogP contribution in [0.3, 0.4) is 0 Å². The van der Waals surface area contributed by atoms with Gasteiger partial charge in [-0.15, -0.1) is 0 Å². The Labute approximate surface area is 114 Å². The largest absolute Gasteiger partial charge is 0.300 e. The van der Waals surface area contributed by atoms with Crippen molar-refractivity contribution >= 4 is 10.0 Å². The molecule has 0 spiro atoms. The first kappa shape index (κ1) is 13.1. The number of nitrogens with one attached hydrogen (secondary N) is 1. The van der Waals surface area contributed by atoms with Crippen molar-refractivity contribution in [1.82, 2.24) is 9.62 Å². The van der Waals surface area contributed by atoms with Crippen molar-refractivity contribution in [3.05, 3.63) is 30.3 Å². The molecule has 4 nitrogen and oxygen atoms in total. The molecule has 1 saturated heterocycles. The third kappa shape index (κ3) is 3.16. The van der Waals surface area contributed by atoms with E-state index in [2.05, 4.69) is 9.62 Å². The molecule has 2 fully saturated rings. The van der Waals surface area contributed by atoms with Crippen LogP contribution in [0.2, 0.25) is 0 Å². The van der Waals surface area contributed by atoms with Crippen LogP contribution in [0.15, 0.2) is 35.2 Å². The minimum atomic E-state index is -3.35. The lowest BCUT2D eigenvalue weighted by molar-refractivity contribution is 0.199. The normalized spacial score (nSPS) is 22.5. The van der Waals surface area contributed by atoms with Gasteiger partial charge in [0.25, 0.3) is 0 Å². The van der Waals surface area contributed by atoms with E-state index in [1.807, 2.05) is 6.07 Å². The number of hydrogen-bond acceptors (Lipinski definition) is 3. The monoisotopic (exact) mass is 280 g/mol. The summed E-state index contributed by atoms with van der Waals surface area (Å²) >= 11 is 0. The van der Waals surface area contributed by atoms with E-state index in [9.17, 15) is 8.42 Å². The van der Waals surface area contributed by atoms with E-state index in [1.165, 1.54) is 12.8 Å². The van der Waals surface area contributed by atoms with Gasteiger partial charge in [0.1, 0.15) is 0 Å². The molecule has 1 aromatic carbocycles. The third-order valence-corrected chi connectivity index (χ3v) is 5.50. The second-order valence-electron chi connectivity index (χ2n) is 5.48. The molecule has 0 bridgehead atoms. The average molecular weight is 280 g/mol. The van der Waals surface area contributed by atoms with Crippen LogP contribution in [-0.2, 0) is 10.0 Å². The molecule has 0 radical (unpaired) electrons. The van der Waals surface area contributed by atoms with Crippen LogP contribution >= 0.6 is 0 Å². The summed E-state index contributed by atoms with van der Waals surface area (Å²) in [7, 11) is -3.35. The molecule has 0 amide bonds. The second-order valence-corrected chi connectivity index (χ2v) is 7.19. The van der Waals surface area contributed by atoms with E-state index in [-0.39, 0.29) is 6.04 Å². The van der Waals surface area contributed by atoms with Crippen LogP contribution in [0.4, 0.5) is 0 Å². The minimum absolute atomic E-state index is 0.0835. The van der Waals surface area contributed by atoms with Crippen LogP contribution in [0, 0.1) is 0 Å². The number of sulfonamides is 1. The first-order valence-corrected chi connectivity index (χ1v) is 8.45. The van der Waals surface area contributed by atoms with Crippen LogP contribution in [0.1, 0.15) is 25.7 Å². The van der Waals surface area contributed by atoms with Gasteiger partial charge >= 0.3 is 0 Å². The first-order valence-electron chi connectivity index (χ1n) is 6.96. The predicted octanol–water partition coefficient (Wildman–Crippen LogP) is 1.59. The minimum Gasteiger partial charge on any atom is -0.300 e. The van der Waals surface area contributed by atoms with Crippen molar-refractivity contribution < 1.29 is 8.42 Å². The van der Waals surface area contributed by atoms with Crippen molar-refractivity contribution in [2.75, 3.05) is 13.1 Å². The van der Waals surface area contributed by atoms with Crippen LogP contribution < -0.4 is 4.72 Å². The summed E-state index contributed by atoms with van der Waals surface area (Å²) in [5, 5.41) is 0. The molecular formula is C14H20N2O2S. The van der Waals surface area contributed by atoms with E-state index in [4.69, 9.17) is 0 Å². The highest BCUT2D eigenvalue weighted by Crippen LogP contribution is 2.29. The van der Waals surface area contributed by atoms with Crippen molar-refractivity contribution in [3.63, 3.8) is 0 Å². The van der Waals surface area contributed by atoms with Crippen LogP contribution in [0.5, 0.6) is 0 Å². The number of nitrogens with zero attached hydrogens (tertiary/aromatic N) is 1. The Balaban J connectivity index is 1.59. The molecular weight excluding hydrogens is 260 g/mol. The lowest BCUT2D eigenvalue weighted by atomic mass is 10.1. The Morgan fingerprint density at radius 2 is 1.63 bits per heavy atom. The van der Waals surface area contributed by atoms with Gasteiger partial charge in [-0.25, -0.2) is 13.1 Å². The first-order chi connectivity index (χ1) is 9.15. The van der Waals surface area contributed by atoms with Crippen LogP contribution in [0.25, 0.3) is 0 Å². The molecule has 1 saturated carbocycles. The van der Waals surface area contributed by atoms with Crippen molar-refractivity contribution in [1.29, 1.82) is 0 Å². The molecule has 1 aliphatic heterocycles. The zero-order chi connectivity index (χ0) is 13.3. The Morgan fingerprint density at radius 1 is 1.00 bits per heavy atom. The highest BCUT2D eigenvalue weighted by atomic mass is 32.2. The average Bonchev–Trinajstić information content (AvgIpc) is 3.25. The van der Waals surface area contributed by atoms with Gasteiger partial charge in [0, 0.05) is 12.1 Å². The number of likely N-dealkylation sites (tertiary alicyclic amines) is 1. The lowest BCUT2D eigenvalue weighted by Crippen LogP contribution is -2.45. The van der Waals surface area contributed by atoms with Gasteiger partial charge in [0.15, 0.2) is 0 Å². The Kier molecular flexibility index (Phi) is 3.60. The second kappa shape index (κ2) is 5.23. The van der Waals surface area contributed by atoms with Crippen molar-refractivity contribution in [3.8, 4) is 0 Å². The molecule has 104 valence electrons. The van der Waals surface area contributed by atoms with Gasteiger partial charge in [0.05, 0.1) is 4.90 Å². The van der Waals surface area contributed by atoms with Gasteiger partial charge in [-0.1, -0.05) is 18.2 Å². The van der Waals surface area contributed by atoms with Crippen molar-refractivity contribution in [2.24, 2.45) is 0 Å². The van der Waals surface area contributed by atoms with Gasteiger partial charge in [-0.05, 0) is 50.9 Å². The predicted molar refractivity (Wildman–Crippen MR) is 74.4 cm³/mol. The van der Waals surface area contributed by atoms with Crippen LogP contribution in [-0.4, -0.2) is 38.5 Å². The molecule has 0 atom stereocenters. The quantitative estimate of drug-likeness (QED) is 0.911. The number of benzene rings is 1. The molecule has 1 heterocycles. The van der Waals surface area contributed by atoms with Gasteiger partial charge < -0.3 is 4.90 Å². The summed E-state index contributed by atoms with van der Waals surface area (Å²) in [5.41, 5.74) is 0. The van der Waals surface area contributed by atoms with Crippen molar-refractivity contribution in [2.45, 2.75) is 42.7 Å². The third-order valence-electron chi connectivity index (χ3n) is 3.97.